The zero-order valence-electron chi connectivity index (χ0n) is 18.2. The normalized spacial score (nSPS) is 14.6. The van der Waals surface area contributed by atoms with Crippen LogP contribution < -0.4 is 10.1 Å². The second-order valence-electron chi connectivity index (χ2n) is 7.98. The van der Waals surface area contributed by atoms with Gasteiger partial charge in [0.05, 0.1) is 6.54 Å². The third-order valence-electron chi connectivity index (χ3n) is 5.67. The number of benzene rings is 4. The second-order valence-corrected chi connectivity index (χ2v) is 8.42. The van der Waals surface area contributed by atoms with Gasteiger partial charge in [0.1, 0.15) is 18.1 Å². The third-order valence-corrected chi connectivity index (χ3v) is 5.92. The first-order chi connectivity index (χ1) is 16.6. The lowest BCUT2D eigenvalue weighted by molar-refractivity contribution is -0.123. The molecule has 4 aromatic carbocycles. The van der Waals surface area contributed by atoms with Gasteiger partial charge < -0.3 is 10.1 Å². The smallest absolute Gasteiger partial charge is 0.329 e. The van der Waals surface area contributed by atoms with Crippen LogP contribution in [0, 0.1) is 0 Å². The lowest BCUT2D eigenvalue weighted by atomic mass is 10.0. The first-order valence-electron chi connectivity index (χ1n) is 10.9. The lowest BCUT2D eigenvalue weighted by Gasteiger charge is -2.13. The van der Waals surface area contributed by atoms with E-state index in [1.165, 1.54) is 4.90 Å². The molecule has 1 aliphatic heterocycles. The summed E-state index contributed by atoms with van der Waals surface area (Å²) in [6.45, 7) is 0.546. The van der Waals surface area contributed by atoms with Crippen LogP contribution in [-0.2, 0) is 17.9 Å². The van der Waals surface area contributed by atoms with Crippen LogP contribution in [0.15, 0.2) is 96.7 Å². The average molecular weight is 469 g/mol. The first-order valence-corrected chi connectivity index (χ1v) is 11.2. The molecule has 0 atom stereocenters. The largest absolute Gasteiger partial charge is 0.488 e. The van der Waals surface area contributed by atoms with Gasteiger partial charge in [0.2, 0.25) is 0 Å². The Morgan fingerprint density at radius 1 is 0.824 bits per heavy atom. The molecule has 0 radical (unpaired) electrons. The van der Waals surface area contributed by atoms with Crippen LogP contribution >= 0.6 is 11.6 Å². The minimum Gasteiger partial charge on any atom is -0.488 e. The van der Waals surface area contributed by atoms with Gasteiger partial charge >= 0.3 is 6.03 Å². The standard InChI is InChI=1S/C28H21ClN2O3/c29-22-13-10-20(11-14-22)18-34-26-15-12-21-8-4-5-9-23(21)24(26)16-25-27(32)31(28(33)30-25)17-19-6-2-1-3-7-19/h1-16H,17-18H2,(H,30,33)/b25-16+. The molecular weight excluding hydrogens is 448 g/mol. The van der Waals surface area contributed by atoms with Gasteiger partial charge in [-0.1, -0.05) is 84.4 Å². The van der Waals surface area contributed by atoms with Crippen LogP contribution in [0.25, 0.3) is 16.8 Å². The number of hydrogen-bond donors (Lipinski definition) is 1. The molecule has 4 aromatic rings. The summed E-state index contributed by atoms with van der Waals surface area (Å²) in [5.41, 5.74) is 2.80. The maximum Gasteiger partial charge on any atom is 0.329 e. The van der Waals surface area contributed by atoms with Crippen LogP contribution in [0.1, 0.15) is 16.7 Å². The highest BCUT2D eigenvalue weighted by atomic mass is 35.5. The van der Waals surface area contributed by atoms with Crippen molar-refractivity contribution in [3.05, 3.63) is 118 Å². The van der Waals surface area contributed by atoms with Crippen LogP contribution in [0.4, 0.5) is 4.79 Å². The summed E-state index contributed by atoms with van der Waals surface area (Å²) < 4.78 is 6.14. The molecule has 0 aromatic heterocycles. The molecule has 1 fully saturated rings. The Morgan fingerprint density at radius 3 is 2.35 bits per heavy atom. The third kappa shape index (κ3) is 4.51. The highest BCUT2D eigenvalue weighted by Gasteiger charge is 2.33. The molecule has 6 heteroatoms. The van der Waals surface area contributed by atoms with Crippen molar-refractivity contribution >= 4 is 40.4 Å². The average Bonchev–Trinajstić information content (AvgIpc) is 3.12. The Balaban J connectivity index is 1.48. The number of urea groups is 1. The Bertz CT molecular complexity index is 1400. The summed E-state index contributed by atoms with van der Waals surface area (Å²) in [6.07, 6.45) is 1.70. The Labute approximate surface area is 202 Å². The van der Waals surface area contributed by atoms with Gasteiger partial charge in [-0.15, -0.1) is 0 Å². The van der Waals surface area contributed by atoms with E-state index in [2.05, 4.69) is 5.32 Å². The zero-order chi connectivity index (χ0) is 23.5. The van der Waals surface area contributed by atoms with E-state index < -0.39 is 6.03 Å². The van der Waals surface area contributed by atoms with Crippen molar-refractivity contribution in [3.8, 4) is 5.75 Å². The molecule has 0 unspecified atom stereocenters. The molecule has 0 aliphatic carbocycles. The van der Waals surface area contributed by atoms with Crippen molar-refractivity contribution in [2.24, 2.45) is 0 Å². The summed E-state index contributed by atoms with van der Waals surface area (Å²) in [4.78, 5) is 26.9. The topological polar surface area (TPSA) is 58.6 Å². The van der Waals surface area contributed by atoms with E-state index in [0.29, 0.717) is 17.4 Å². The van der Waals surface area contributed by atoms with Crippen molar-refractivity contribution in [1.82, 2.24) is 10.2 Å². The van der Waals surface area contributed by atoms with E-state index in [9.17, 15) is 9.59 Å². The van der Waals surface area contributed by atoms with Crippen LogP contribution in [0.2, 0.25) is 5.02 Å². The fourth-order valence-electron chi connectivity index (χ4n) is 3.92. The lowest BCUT2D eigenvalue weighted by Crippen LogP contribution is -2.30. The quantitative estimate of drug-likeness (QED) is 0.272. The molecule has 5 nitrogen and oxygen atoms in total. The van der Waals surface area contributed by atoms with Crippen molar-refractivity contribution in [2.75, 3.05) is 0 Å². The number of fused-ring (bicyclic) bond motifs is 1. The van der Waals surface area contributed by atoms with E-state index in [4.69, 9.17) is 16.3 Å². The SMILES string of the molecule is O=C1N/C(=C/c2c(OCc3ccc(Cl)cc3)ccc3ccccc23)C(=O)N1Cc1ccccc1. The van der Waals surface area contributed by atoms with Crippen molar-refractivity contribution < 1.29 is 14.3 Å². The molecule has 3 amide bonds. The van der Waals surface area contributed by atoms with Gasteiger partial charge in [-0.05, 0) is 46.2 Å². The van der Waals surface area contributed by atoms with E-state index in [-0.39, 0.29) is 18.1 Å². The Morgan fingerprint density at radius 2 is 1.56 bits per heavy atom. The number of amides is 3. The van der Waals surface area contributed by atoms with Crippen molar-refractivity contribution in [2.45, 2.75) is 13.2 Å². The maximum atomic E-state index is 13.1. The monoisotopic (exact) mass is 468 g/mol. The number of imide groups is 1. The summed E-state index contributed by atoms with van der Waals surface area (Å²) >= 11 is 5.98. The molecule has 0 saturated carbocycles. The van der Waals surface area contributed by atoms with Crippen LogP contribution in [0.3, 0.4) is 0 Å². The maximum absolute atomic E-state index is 13.1. The van der Waals surface area contributed by atoms with Crippen LogP contribution in [0.5, 0.6) is 5.75 Å². The number of hydrogen-bond acceptors (Lipinski definition) is 3. The van der Waals surface area contributed by atoms with Gasteiger partial charge in [-0.2, -0.15) is 0 Å². The van der Waals surface area contributed by atoms with Gasteiger partial charge in [-0.3, -0.25) is 9.69 Å². The highest BCUT2D eigenvalue weighted by Crippen LogP contribution is 2.32. The highest BCUT2D eigenvalue weighted by molar-refractivity contribution is 6.30. The molecule has 1 N–H and O–H groups in total. The fraction of sp³-hybridized carbons (Fsp3) is 0.0714. The molecule has 34 heavy (non-hydrogen) atoms. The second kappa shape index (κ2) is 9.41. The number of carbonyl (C=O) groups excluding carboxylic acids is 2. The number of halogens is 1. The molecule has 1 heterocycles. The number of rotatable bonds is 6. The molecule has 168 valence electrons. The van der Waals surface area contributed by atoms with E-state index >= 15 is 0 Å². The van der Waals surface area contributed by atoms with Gasteiger partial charge in [0, 0.05) is 10.6 Å². The predicted molar refractivity (Wildman–Crippen MR) is 133 cm³/mol. The van der Waals surface area contributed by atoms with E-state index in [1.807, 2.05) is 91.0 Å². The summed E-state index contributed by atoms with van der Waals surface area (Å²) in [5, 5.41) is 5.31. The van der Waals surface area contributed by atoms with Crippen molar-refractivity contribution in [3.63, 3.8) is 0 Å². The van der Waals surface area contributed by atoms with Gasteiger partial charge in [-0.25, -0.2) is 4.79 Å². The zero-order valence-corrected chi connectivity index (χ0v) is 19.0. The number of carbonyl (C=O) groups is 2. The fourth-order valence-corrected chi connectivity index (χ4v) is 4.04. The number of nitrogens with one attached hydrogen (secondary N) is 1. The molecule has 5 rings (SSSR count). The summed E-state index contributed by atoms with van der Waals surface area (Å²) in [5.74, 6) is 0.246. The Kier molecular flexibility index (Phi) is 6.02. The molecular formula is C28H21ClN2O3. The van der Waals surface area contributed by atoms with Gasteiger partial charge in [0.15, 0.2) is 0 Å². The Hall–Kier alpha value is -4.09. The van der Waals surface area contributed by atoms with Gasteiger partial charge in [0.25, 0.3) is 5.91 Å². The first kappa shape index (κ1) is 21.7. The number of ether oxygens (including phenoxy) is 1. The minimum absolute atomic E-state index is 0.207. The number of nitrogens with zero attached hydrogens (tertiary/aromatic N) is 1. The molecule has 0 spiro atoms. The molecule has 1 aliphatic rings. The van der Waals surface area contributed by atoms with Crippen LogP contribution in [-0.4, -0.2) is 16.8 Å². The van der Waals surface area contributed by atoms with E-state index in [0.717, 1.165) is 27.5 Å². The van der Waals surface area contributed by atoms with Crippen molar-refractivity contribution in [1.29, 1.82) is 0 Å². The summed E-state index contributed by atoms with van der Waals surface area (Å²) in [6, 6.07) is 28.2. The minimum atomic E-state index is -0.441. The predicted octanol–water partition coefficient (Wildman–Crippen LogP) is 6.17. The summed E-state index contributed by atoms with van der Waals surface area (Å²) in [7, 11) is 0. The van der Waals surface area contributed by atoms with E-state index in [1.54, 1.807) is 6.08 Å². The molecule has 1 saturated heterocycles. The molecule has 0 bridgehead atoms.